The number of aliphatic hydroxyl groups excluding tert-OH is 1. The molecular formula is C16H30INO4. The van der Waals surface area contributed by atoms with Gasteiger partial charge < -0.3 is 19.5 Å². The van der Waals surface area contributed by atoms with Crippen molar-refractivity contribution in [1.82, 2.24) is 4.90 Å². The molecule has 1 fully saturated rings. The van der Waals surface area contributed by atoms with E-state index in [0.717, 1.165) is 10.8 Å². The van der Waals surface area contributed by atoms with Crippen molar-refractivity contribution in [1.29, 1.82) is 0 Å². The van der Waals surface area contributed by atoms with Crippen molar-refractivity contribution < 1.29 is 19.4 Å². The summed E-state index contributed by atoms with van der Waals surface area (Å²) in [7, 11) is 0. The molecule has 0 aromatic rings. The van der Waals surface area contributed by atoms with Gasteiger partial charge in [-0.2, -0.15) is 0 Å². The predicted molar refractivity (Wildman–Crippen MR) is 95.1 cm³/mol. The maximum atomic E-state index is 12.2. The number of halogens is 1. The first-order valence-corrected chi connectivity index (χ1v) is 9.52. The van der Waals surface area contributed by atoms with Gasteiger partial charge in [0.2, 0.25) is 0 Å². The van der Waals surface area contributed by atoms with Crippen molar-refractivity contribution in [2.24, 2.45) is 11.8 Å². The van der Waals surface area contributed by atoms with E-state index < -0.39 is 11.9 Å². The summed E-state index contributed by atoms with van der Waals surface area (Å²) in [6.45, 7) is 10.9. The van der Waals surface area contributed by atoms with Crippen molar-refractivity contribution in [3.05, 3.63) is 0 Å². The van der Waals surface area contributed by atoms with Gasteiger partial charge in [0, 0.05) is 23.9 Å². The molecule has 0 radical (unpaired) electrons. The fourth-order valence-corrected chi connectivity index (χ4v) is 3.68. The summed E-state index contributed by atoms with van der Waals surface area (Å²) in [6, 6.07) is 0. The van der Waals surface area contributed by atoms with Gasteiger partial charge in [0.25, 0.3) is 0 Å². The highest BCUT2D eigenvalue weighted by atomic mass is 127. The molecule has 1 saturated heterocycles. The monoisotopic (exact) mass is 427 g/mol. The van der Waals surface area contributed by atoms with E-state index >= 15 is 0 Å². The van der Waals surface area contributed by atoms with E-state index in [9.17, 15) is 9.90 Å². The topological polar surface area (TPSA) is 59.0 Å². The molecule has 22 heavy (non-hydrogen) atoms. The number of alkyl halides is 1. The zero-order valence-electron chi connectivity index (χ0n) is 14.3. The fourth-order valence-electron chi connectivity index (χ4n) is 2.69. The van der Waals surface area contributed by atoms with Gasteiger partial charge in [0.05, 0.1) is 6.10 Å². The lowest BCUT2D eigenvalue weighted by Gasteiger charge is -2.39. The highest BCUT2D eigenvalue weighted by Gasteiger charge is 2.34. The number of ether oxygens (including phenoxy) is 2. The maximum absolute atomic E-state index is 12.2. The molecule has 130 valence electrons. The molecule has 0 spiro atoms. The van der Waals surface area contributed by atoms with Crippen LogP contribution in [0.5, 0.6) is 0 Å². The second kappa shape index (κ2) is 8.68. The zero-order valence-corrected chi connectivity index (χ0v) is 16.5. The number of carbonyl (C=O) groups is 1. The molecule has 0 aromatic carbocycles. The number of aliphatic hydroxyl groups is 1. The number of piperidine rings is 1. The summed E-state index contributed by atoms with van der Waals surface area (Å²) in [6.07, 6.45) is 0.581. The lowest BCUT2D eigenvalue weighted by atomic mass is 9.84. The molecule has 1 aliphatic rings. The molecule has 0 bridgehead atoms. The lowest BCUT2D eigenvalue weighted by molar-refractivity contribution is -0.140. The molecule has 3 atom stereocenters. The average molecular weight is 427 g/mol. The van der Waals surface area contributed by atoms with E-state index in [1.54, 1.807) is 4.90 Å². The minimum Gasteiger partial charge on any atom is -0.444 e. The number of amides is 1. The minimum atomic E-state index is -0.719. The van der Waals surface area contributed by atoms with Crippen LogP contribution in [0.15, 0.2) is 0 Å². The highest BCUT2D eigenvalue weighted by Crippen LogP contribution is 2.30. The van der Waals surface area contributed by atoms with E-state index in [2.05, 4.69) is 22.6 Å². The number of hydrogen-bond acceptors (Lipinski definition) is 4. The minimum absolute atomic E-state index is 0.0231. The summed E-state index contributed by atoms with van der Waals surface area (Å²) in [4.78, 5) is 14.0. The predicted octanol–water partition coefficient (Wildman–Crippen LogP) is 3.43. The van der Waals surface area contributed by atoms with Gasteiger partial charge in [-0.3, -0.25) is 0 Å². The van der Waals surface area contributed by atoms with Crippen LogP contribution in [0.2, 0.25) is 0 Å². The van der Waals surface area contributed by atoms with E-state index in [4.69, 9.17) is 9.47 Å². The fraction of sp³-hybridized carbons (Fsp3) is 0.938. The number of hydrogen-bond donors (Lipinski definition) is 1. The van der Waals surface area contributed by atoms with Crippen LogP contribution in [0.3, 0.4) is 0 Å². The van der Waals surface area contributed by atoms with Gasteiger partial charge in [-0.05, 0) is 52.9 Å². The molecule has 0 aliphatic carbocycles. The average Bonchev–Trinajstić information content (AvgIpc) is 2.35. The standard InChI is InChI=1S/C16H30INO4/c1-11(2)21-14(19)8-12-6-7-18(10-13(12)9-17)15(20)22-16(3,4)5/h11-14,19H,6-10H2,1-5H3/t12-,13?,14?/m0/s1. The Morgan fingerprint density at radius 1 is 1.36 bits per heavy atom. The zero-order chi connectivity index (χ0) is 16.9. The number of carbonyl (C=O) groups excluding carboxylic acids is 1. The summed E-state index contributed by atoms with van der Waals surface area (Å²) in [5.41, 5.74) is -0.463. The van der Waals surface area contributed by atoms with Crippen LogP contribution in [0.25, 0.3) is 0 Å². The second-order valence-electron chi connectivity index (χ2n) is 7.26. The third-order valence-corrected chi connectivity index (χ3v) is 4.81. The van der Waals surface area contributed by atoms with Crippen molar-refractivity contribution in [3.63, 3.8) is 0 Å². The van der Waals surface area contributed by atoms with Crippen molar-refractivity contribution in [2.45, 2.75) is 65.5 Å². The van der Waals surface area contributed by atoms with Gasteiger partial charge in [0.15, 0.2) is 6.29 Å². The van der Waals surface area contributed by atoms with Gasteiger partial charge in [0.1, 0.15) is 5.60 Å². The van der Waals surface area contributed by atoms with Gasteiger partial charge >= 0.3 is 6.09 Å². The first-order chi connectivity index (χ1) is 10.1. The molecule has 2 unspecified atom stereocenters. The molecular weight excluding hydrogens is 397 g/mol. The summed E-state index contributed by atoms with van der Waals surface area (Å²) in [5, 5.41) is 9.98. The van der Waals surface area contributed by atoms with Crippen LogP contribution in [0.4, 0.5) is 4.79 Å². The van der Waals surface area contributed by atoms with E-state index in [-0.39, 0.29) is 12.2 Å². The number of nitrogens with zero attached hydrogens (tertiary/aromatic N) is 1. The normalized spacial score (nSPS) is 24.5. The van der Waals surface area contributed by atoms with E-state index in [1.807, 2.05) is 34.6 Å². The van der Waals surface area contributed by atoms with Crippen LogP contribution in [0.1, 0.15) is 47.5 Å². The highest BCUT2D eigenvalue weighted by molar-refractivity contribution is 14.1. The molecule has 1 aliphatic heterocycles. The van der Waals surface area contributed by atoms with Crippen molar-refractivity contribution >= 4 is 28.7 Å². The second-order valence-corrected chi connectivity index (χ2v) is 8.15. The lowest BCUT2D eigenvalue weighted by Crippen LogP contribution is -2.47. The molecule has 0 saturated carbocycles. The molecule has 1 N–H and O–H groups in total. The Hall–Kier alpha value is -0.0800. The van der Waals surface area contributed by atoms with E-state index in [0.29, 0.717) is 31.3 Å². The Morgan fingerprint density at radius 3 is 2.50 bits per heavy atom. The number of rotatable bonds is 5. The molecule has 6 heteroatoms. The summed E-state index contributed by atoms with van der Waals surface area (Å²) < 4.78 is 11.8. The van der Waals surface area contributed by atoms with Crippen LogP contribution in [0, 0.1) is 11.8 Å². The Bertz CT molecular complexity index is 357. The van der Waals surface area contributed by atoms with Crippen molar-refractivity contribution in [3.8, 4) is 0 Å². The molecule has 1 rings (SSSR count). The number of likely N-dealkylation sites (tertiary alicyclic amines) is 1. The van der Waals surface area contributed by atoms with Crippen molar-refractivity contribution in [2.75, 3.05) is 17.5 Å². The van der Waals surface area contributed by atoms with Crippen LogP contribution >= 0.6 is 22.6 Å². The quantitative estimate of drug-likeness (QED) is 0.415. The molecule has 5 nitrogen and oxygen atoms in total. The largest absolute Gasteiger partial charge is 0.444 e. The van der Waals surface area contributed by atoms with Gasteiger partial charge in [-0.1, -0.05) is 22.6 Å². The van der Waals surface area contributed by atoms with Crippen LogP contribution in [-0.4, -0.2) is 51.6 Å². The Kier molecular flexibility index (Phi) is 7.88. The first-order valence-electron chi connectivity index (χ1n) is 7.99. The Balaban J connectivity index is 2.55. The van der Waals surface area contributed by atoms with Gasteiger partial charge in [-0.15, -0.1) is 0 Å². The van der Waals surface area contributed by atoms with Gasteiger partial charge in [-0.25, -0.2) is 4.79 Å². The summed E-state index contributed by atoms with van der Waals surface area (Å²) >= 11 is 2.35. The third-order valence-electron chi connectivity index (χ3n) is 3.67. The molecule has 1 amide bonds. The third kappa shape index (κ3) is 7.00. The summed E-state index contributed by atoms with van der Waals surface area (Å²) in [5.74, 6) is 0.747. The SMILES string of the molecule is CC(C)OC(O)C[C@@H]1CCN(C(=O)OC(C)(C)C)CC1CI. The Labute approximate surface area is 147 Å². The first kappa shape index (κ1) is 20.0. The van der Waals surface area contributed by atoms with Crippen LogP contribution in [-0.2, 0) is 9.47 Å². The molecule has 1 heterocycles. The Morgan fingerprint density at radius 2 is 2.00 bits per heavy atom. The smallest absolute Gasteiger partial charge is 0.410 e. The van der Waals surface area contributed by atoms with E-state index in [1.165, 1.54) is 0 Å². The van der Waals surface area contributed by atoms with Crippen LogP contribution < -0.4 is 0 Å². The maximum Gasteiger partial charge on any atom is 0.410 e. The molecule has 0 aromatic heterocycles.